The fourth-order valence-corrected chi connectivity index (χ4v) is 8.19. The van der Waals surface area contributed by atoms with Crippen molar-refractivity contribution in [1.29, 1.82) is 0 Å². The summed E-state index contributed by atoms with van der Waals surface area (Å²) >= 11 is 0. The van der Waals surface area contributed by atoms with Gasteiger partial charge in [-0.1, -0.05) is 47.5 Å². The topological polar surface area (TPSA) is 47.1 Å². The molecular weight excluding hydrogens is 592 g/mol. The molecule has 0 saturated heterocycles. The Bertz CT molecular complexity index is 1670. The molecule has 0 saturated carbocycles. The van der Waals surface area contributed by atoms with Crippen LogP contribution in [0, 0.1) is 41.5 Å². The zero-order chi connectivity index (χ0) is 35.5. The van der Waals surface area contributed by atoms with Crippen LogP contribution in [0.15, 0.2) is 71.3 Å². The fraction of sp³-hybridized carbons (Fsp3) is 0.429. The molecule has 0 spiro atoms. The molecule has 0 unspecified atom stereocenters. The van der Waals surface area contributed by atoms with E-state index in [1.807, 2.05) is 21.9 Å². The van der Waals surface area contributed by atoms with Crippen LogP contribution in [-0.4, -0.2) is 45.8 Å². The summed E-state index contributed by atoms with van der Waals surface area (Å²) in [4.78, 5) is 39.2. The first-order valence-corrected chi connectivity index (χ1v) is 17.5. The Kier molecular flexibility index (Phi) is 9.44. The minimum atomic E-state index is -0.201. The molecule has 0 bridgehead atoms. The molecule has 1 heterocycles. The molecule has 0 aromatic heterocycles. The second-order valence-electron chi connectivity index (χ2n) is 14.9. The first-order valence-electron chi connectivity index (χ1n) is 17.5. The van der Waals surface area contributed by atoms with Crippen molar-refractivity contribution in [2.24, 2.45) is 0 Å². The minimum absolute atomic E-state index is 0.191. The van der Waals surface area contributed by atoms with Gasteiger partial charge in [-0.2, -0.15) is 0 Å². The predicted molar refractivity (Wildman–Crippen MR) is 200 cm³/mol. The van der Waals surface area contributed by atoms with Gasteiger partial charge in [-0.15, -0.1) is 0 Å². The standard InChI is InChI=1S/C42H54N4O2/c1-23(2)43(24(3)4)38-35(39(38)44(25(5)6)26(7)8)40-45(36-29(11)19-27(9)20-30(36)12)41(47)33-17-15-16-18-34(33)42(48)46(40)37-31(13)21-28(10)22-32(37)14/h15-26H,1-14H3. The van der Waals surface area contributed by atoms with Crippen molar-refractivity contribution in [3.8, 4) is 0 Å². The smallest absolute Gasteiger partial charge is 0.264 e. The number of carbonyl (C=O) groups is 2. The van der Waals surface area contributed by atoms with E-state index in [1.165, 1.54) is 0 Å². The molecule has 6 nitrogen and oxygen atoms in total. The molecule has 3 aromatic rings. The SMILES string of the molecule is Cc1cc(C)c(N2C(=O)c3ccccc3C(=O)N(c3c(C)cc(C)cc3C)C2=C2C(N(C(C)C)C(C)C)=C2N(C(C)C)C(C)C)c(C)c1. The number of hydrogen-bond donors (Lipinski definition) is 0. The predicted octanol–water partition coefficient (Wildman–Crippen LogP) is 9.52. The number of rotatable bonds is 8. The van der Waals surface area contributed by atoms with Crippen molar-refractivity contribution in [2.75, 3.05) is 9.80 Å². The molecule has 1 aliphatic carbocycles. The summed E-state index contributed by atoms with van der Waals surface area (Å²) in [5.41, 5.74) is 11.8. The molecule has 48 heavy (non-hydrogen) atoms. The first-order chi connectivity index (χ1) is 22.5. The number of fused-ring (bicyclic) bond motifs is 1. The lowest BCUT2D eigenvalue weighted by Gasteiger charge is -2.36. The molecule has 2 aliphatic rings. The van der Waals surface area contributed by atoms with Crippen molar-refractivity contribution in [3.63, 3.8) is 0 Å². The van der Waals surface area contributed by atoms with E-state index in [-0.39, 0.29) is 36.0 Å². The van der Waals surface area contributed by atoms with Crippen molar-refractivity contribution < 1.29 is 9.59 Å². The lowest BCUT2D eigenvalue weighted by Crippen LogP contribution is -2.42. The van der Waals surface area contributed by atoms with Gasteiger partial charge in [-0.05, 0) is 131 Å². The molecule has 0 atom stereocenters. The van der Waals surface area contributed by atoms with Gasteiger partial charge in [-0.3, -0.25) is 19.4 Å². The summed E-state index contributed by atoms with van der Waals surface area (Å²) < 4.78 is 0. The number of hydrogen-bond acceptors (Lipinski definition) is 4. The van der Waals surface area contributed by atoms with E-state index in [0.717, 1.165) is 61.7 Å². The van der Waals surface area contributed by atoms with Crippen LogP contribution >= 0.6 is 0 Å². The Morgan fingerprint density at radius 2 is 0.792 bits per heavy atom. The van der Waals surface area contributed by atoms with Gasteiger partial charge in [0.05, 0.1) is 39.5 Å². The number of carbonyl (C=O) groups excluding carboxylic acids is 2. The van der Waals surface area contributed by atoms with E-state index < -0.39 is 0 Å². The average Bonchev–Trinajstić information content (AvgIpc) is 3.66. The lowest BCUT2D eigenvalue weighted by atomic mass is 10.0. The van der Waals surface area contributed by atoms with Crippen molar-refractivity contribution in [2.45, 2.75) is 121 Å². The minimum Gasteiger partial charge on any atom is -0.364 e. The maximum absolute atomic E-state index is 15.3. The van der Waals surface area contributed by atoms with Crippen LogP contribution in [0.3, 0.4) is 0 Å². The van der Waals surface area contributed by atoms with Crippen molar-refractivity contribution in [1.82, 2.24) is 9.80 Å². The summed E-state index contributed by atoms with van der Waals surface area (Å²) in [6.07, 6.45) is 0. The van der Waals surface area contributed by atoms with Crippen LogP contribution in [-0.2, 0) is 0 Å². The largest absolute Gasteiger partial charge is 0.364 e. The Morgan fingerprint density at radius 3 is 1.06 bits per heavy atom. The number of benzene rings is 3. The molecule has 2 amide bonds. The summed E-state index contributed by atoms with van der Waals surface area (Å²) in [7, 11) is 0. The van der Waals surface area contributed by atoms with E-state index in [1.54, 1.807) is 12.1 Å². The van der Waals surface area contributed by atoms with E-state index in [4.69, 9.17) is 0 Å². The monoisotopic (exact) mass is 646 g/mol. The zero-order valence-corrected chi connectivity index (χ0v) is 31.5. The molecule has 6 heteroatoms. The molecular formula is C42H54N4O2. The second kappa shape index (κ2) is 12.9. The summed E-state index contributed by atoms with van der Waals surface area (Å²) in [6, 6.07) is 16.6. The molecule has 1 aliphatic heterocycles. The van der Waals surface area contributed by atoms with Crippen LogP contribution in [0.25, 0.3) is 0 Å². The van der Waals surface area contributed by atoms with E-state index in [2.05, 4.69) is 131 Å². The van der Waals surface area contributed by atoms with Crippen LogP contribution in [0.2, 0.25) is 0 Å². The number of anilines is 2. The lowest BCUT2D eigenvalue weighted by molar-refractivity contribution is 0.0982. The third kappa shape index (κ3) is 5.84. The number of allylic oxidation sites excluding steroid dienone is 2. The van der Waals surface area contributed by atoms with Crippen LogP contribution in [0.4, 0.5) is 11.4 Å². The summed E-state index contributed by atoms with van der Waals surface area (Å²) in [5.74, 6) is 0.204. The molecule has 3 aromatic carbocycles. The molecule has 0 fully saturated rings. The summed E-state index contributed by atoms with van der Waals surface area (Å²) in [6.45, 7) is 30.2. The Hall–Kier alpha value is -4.32. The van der Waals surface area contributed by atoms with Gasteiger partial charge >= 0.3 is 0 Å². The average molecular weight is 647 g/mol. The number of aryl methyl sites for hydroxylation is 6. The quantitative estimate of drug-likeness (QED) is 0.245. The van der Waals surface area contributed by atoms with E-state index in [0.29, 0.717) is 16.9 Å². The highest BCUT2D eigenvalue weighted by molar-refractivity contribution is 6.23. The second-order valence-corrected chi connectivity index (χ2v) is 14.9. The van der Waals surface area contributed by atoms with Crippen molar-refractivity contribution in [3.05, 3.63) is 116 Å². The van der Waals surface area contributed by atoms with Crippen LogP contribution in [0.5, 0.6) is 0 Å². The Balaban J connectivity index is 2.03. The fourth-order valence-electron chi connectivity index (χ4n) is 8.19. The molecule has 0 N–H and O–H groups in total. The highest BCUT2D eigenvalue weighted by atomic mass is 16.2. The Morgan fingerprint density at radius 1 is 0.500 bits per heavy atom. The molecule has 0 radical (unpaired) electrons. The van der Waals surface area contributed by atoms with Gasteiger partial charge in [0.15, 0.2) is 0 Å². The van der Waals surface area contributed by atoms with E-state index in [9.17, 15) is 0 Å². The highest BCUT2D eigenvalue weighted by Gasteiger charge is 2.50. The van der Waals surface area contributed by atoms with Gasteiger partial charge in [0.25, 0.3) is 11.8 Å². The van der Waals surface area contributed by atoms with Crippen molar-refractivity contribution >= 4 is 23.2 Å². The van der Waals surface area contributed by atoms with Gasteiger partial charge in [0, 0.05) is 24.2 Å². The maximum atomic E-state index is 15.3. The summed E-state index contributed by atoms with van der Waals surface area (Å²) in [5, 5.41) is 0. The number of nitrogens with zero attached hydrogens (tertiary/aromatic N) is 4. The third-order valence-corrected chi connectivity index (χ3v) is 9.54. The highest BCUT2D eigenvalue weighted by Crippen LogP contribution is 2.53. The normalized spacial score (nSPS) is 15.0. The zero-order valence-electron chi connectivity index (χ0n) is 31.5. The van der Waals surface area contributed by atoms with Crippen LogP contribution < -0.4 is 9.80 Å². The molecule has 254 valence electrons. The first kappa shape index (κ1) is 35.0. The van der Waals surface area contributed by atoms with Gasteiger partial charge in [0.2, 0.25) is 0 Å². The van der Waals surface area contributed by atoms with Gasteiger partial charge in [-0.25, -0.2) is 0 Å². The van der Waals surface area contributed by atoms with Gasteiger partial charge in [0.1, 0.15) is 5.82 Å². The van der Waals surface area contributed by atoms with Crippen LogP contribution in [0.1, 0.15) is 109 Å². The van der Waals surface area contributed by atoms with E-state index >= 15 is 9.59 Å². The Labute approximate surface area is 288 Å². The molecule has 5 rings (SSSR count). The maximum Gasteiger partial charge on any atom is 0.264 e. The third-order valence-electron chi connectivity index (χ3n) is 9.54. The van der Waals surface area contributed by atoms with Gasteiger partial charge < -0.3 is 9.80 Å². The number of amides is 2.